The van der Waals surface area contributed by atoms with Gasteiger partial charge >= 0.3 is 0 Å². The molecule has 192 valence electrons. The first-order valence-electron chi connectivity index (χ1n) is 15.3. The maximum absolute atomic E-state index is 5.53. The van der Waals surface area contributed by atoms with E-state index in [1.807, 2.05) is 0 Å². The summed E-state index contributed by atoms with van der Waals surface area (Å²) in [6.45, 7) is 3.17. The van der Waals surface area contributed by atoms with Gasteiger partial charge in [0, 0.05) is 0 Å². The van der Waals surface area contributed by atoms with Crippen LogP contribution in [0.5, 0.6) is 0 Å². The molecule has 0 aliphatic heterocycles. The van der Waals surface area contributed by atoms with E-state index in [-0.39, 0.29) is 0 Å². The van der Waals surface area contributed by atoms with E-state index in [9.17, 15) is 0 Å². The van der Waals surface area contributed by atoms with E-state index in [1.165, 1.54) is 173 Å². The van der Waals surface area contributed by atoms with Crippen LogP contribution in [0.3, 0.4) is 0 Å². The molecule has 1 nitrogen and oxygen atoms in total. The standard InChI is InChI=1S/C31H63N/c1-2-3-4-5-6-7-8-9-10-11-12-13-14-15-16-17-18-19-20-21-22-23-24-25-26-27-28-29-30-31-32/h21-22H,2-20,23-32H2,1H3. The van der Waals surface area contributed by atoms with Crippen molar-refractivity contribution in [2.24, 2.45) is 5.73 Å². The molecular formula is C31H63N. The van der Waals surface area contributed by atoms with E-state index >= 15 is 0 Å². The second-order valence-electron chi connectivity index (χ2n) is 10.3. The summed E-state index contributed by atoms with van der Waals surface area (Å²) in [4.78, 5) is 0. The van der Waals surface area contributed by atoms with Crippen molar-refractivity contribution in [2.45, 2.75) is 180 Å². The molecule has 0 saturated heterocycles. The largest absolute Gasteiger partial charge is 0.330 e. The molecule has 0 aliphatic carbocycles. The monoisotopic (exact) mass is 449 g/mol. The number of allylic oxidation sites excluding steroid dienone is 2. The Morgan fingerprint density at radius 2 is 0.594 bits per heavy atom. The van der Waals surface area contributed by atoms with Crippen LogP contribution in [0, 0.1) is 0 Å². The van der Waals surface area contributed by atoms with Gasteiger partial charge in [0.05, 0.1) is 0 Å². The SMILES string of the molecule is CCCCCCCCCCCCCCCCCCCCC=CCCCCCCCCCN. The third kappa shape index (κ3) is 29.7. The van der Waals surface area contributed by atoms with Crippen molar-refractivity contribution < 1.29 is 0 Å². The molecule has 0 unspecified atom stereocenters. The first-order chi connectivity index (χ1) is 15.9. The second-order valence-corrected chi connectivity index (χ2v) is 10.3. The average molecular weight is 450 g/mol. The Morgan fingerprint density at radius 1 is 0.344 bits per heavy atom. The molecule has 0 rings (SSSR count). The van der Waals surface area contributed by atoms with Crippen molar-refractivity contribution in [2.75, 3.05) is 6.54 Å². The highest BCUT2D eigenvalue weighted by Gasteiger charge is 1.95. The smallest absolute Gasteiger partial charge is 0.00773 e. The van der Waals surface area contributed by atoms with Gasteiger partial charge in [-0.25, -0.2) is 0 Å². The highest BCUT2D eigenvalue weighted by molar-refractivity contribution is 4.81. The Hall–Kier alpha value is -0.300. The van der Waals surface area contributed by atoms with Crippen molar-refractivity contribution in [1.29, 1.82) is 0 Å². The van der Waals surface area contributed by atoms with Crippen molar-refractivity contribution in [3.8, 4) is 0 Å². The minimum absolute atomic E-state index is 0.865. The molecule has 32 heavy (non-hydrogen) atoms. The molecule has 0 amide bonds. The molecule has 0 radical (unpaired) electrons. The van der Waals surface area contributed by atoms with Crippen LogP contribution in [0.4, 0.5) is 0 Å². The van der Waals surface area contributed by atoms with Crippen molar-refractivity contribution in [3.05, 3.63) is 12.2 Å². The van der Waals surface area contributed by atoms with E-state index < -0.39 is 0 Å². The van der Waals surface area contributed by atoms with Crippen LogP contribution < -0.4 is 5.73 Å². The van der Waals surface area contributed by atoms with Gasteiger partial charge in [0.25, 0.3) is 0 Å². The van der Waals surface area contributed by atoms with Gasteiger partial charge < -0.3 is 5.73 Å². The van der Waals surface area contributed by atoms with E-state index in [0.717, 1.165) is 6.54 Å². The zero-order chi connectivity index (χ0) is 23.2. The van der Waals surface area contributed by atoms with Gasteiger partial charge in [0.1, 0.15) is 0 Å². The molecular weight excluding hydrogens is 386 g/mol. The Morgan fingerprint density at radius 3 is 0.875 bits per heavy atom. The maximum Gasteiger partial charge on any atom is -0.00773 e. The molecule has 0 bridgehead atoms. The summed E-state index contributed by atoms with van der Waals surface area (Å²) in [5, 5.41) is 0. The lowest BCUT2D eigenvalue weighted by Crippen LogP contribution is -1.97. The predicted octanol–water partition coefficient (Wildman–Crippen LogP) is 11.1. The number of unbranched alkanes of at least 4 members (excludes halogenated alkanes) is 25. The van der Waals surface area contributed by atoms with Crippen LogP contribution in [0.25, 0.3) is 0 Å². The summed E-state index contributed by atoms with van der Waals surface area (Å²) in [5.41, 5.74) is 5.53. The summed E-state index contributed by atoms with van der Waals surface area (Å²) in [7, 11) is 0. The van der Waals surface area contributed by atoms with Gasteiger partial charge in [0.2, 0.25) is 0 Å². The van der Waals surface area contributed by atoms with Crippen LogP contribution in [-0.4, -0.2) is 6.54 Å². The Kier molecular flexibility index (Phi) is 30.4. The van der Waals surface area contributed by atoms with Crippen molar-refractivity contribution in [3.63, 3.8) is 0 Å². The second kappa shape index (κ2) is 30.7. The summed E-state index contributed by atoms with van der Waals surface area (Å²) in [6, 6.07) is 0. The lowest BCUT2D eigenvalue weighted by atomic mass is 10.0. The van der Waals surface area contributed by atoms with Crippen LogP contribution in [0.15, 0.2) is 12.2 Å². The summed E-state index contributed by atoms with van der Waals surface area (Å²) < 4.78 is 0. The lowest BCUT2D eigenvalue weighted by Gasteiger charge is -2.03. The zero-order valence-electron chi connectivity index (χ0n) is 22.5. The number of hydrogen-bond donors (Lipinski definition) is 1. The number of hydrogen-bond acceptors (Lipinski definition) is 1. The topological polar surface area (TPSA) is 26.0 Å². The maximum atomic E-state index is 5.53. The molecule has 0 fully saturated rings. The number of rotatable bonds is 28. The van der Waals surface area contributed by atoms with Crippen LogP contribution in [0.1, 0.15) is 180 Å². The fourth-order valence-corrected chi connectivity index (χ4v) is 4.69. The van der Waals surface area contributed by atoms with Crippen LogP contribution in [-0.2, 0) is 0 Å². The molecule has 0 saturated carbocycles. The molecule has 2 N–H and O–H groups in total. The predicted molar refractivity (Wildman–Crippen MR) is 149 cm³/mol. The Balaban J connectivity index is 3.05. The summed E-state index contributed by atoms with van der Waals surface area (Å²) >= 11 is 0. The molecule has 1 heteroatoms. The minimum Gasteiger partial charge on any atom is -0.330 e. The zero-order valence-corrected chi connectivity index (χ0v) is 22.5. The minimum atomic E-state index is 0.865. The van der Waals surface area contributed by atoms with E-state index in [2.05, 4.69) is 19.1 Å². The van der Waals surface area contributed by atoms with E-state index in [4.69, 9.17) is 5.73 Å². The normalized spacial score (nSPS) is 11.7. The summed E-state index contributed by atoms with van der Waals surface area (Å²) in [6.07, 6.45) is 43.3. The van der Waals surface area contributed by atoms with Crippen LogP contribution >= 0.6 is 0 Å². The highest BCUT2D eigenvalue weighted by Crippen LogP contribution is 2.15. The molecule has 0 atom stereocenters. The highest BCUT2D eigenvalue weighted by atomic mass is 14.5. The van der Waals surface area contributed by atoms with Crippen molar-refractivity contribution >= 4 is 0 Å². The average Bonchev–Trinajstić information content (AvgIpc) is 2.81. The Bertz CT molecular complexity index is 335. The van der Waals surface area contributed by atoms with Crippen LogP contribution in [0.2, 0.25) is 0 Å². The molecule has 0 aliphatic rings. The molecule has 0 aromatic carbocycles. The third-order valence-corrected chi connectivity index (χ3v) is 6.97. The van der Waals surface area contributed by atoms with E-state index in [0.29, 0.717) is 0 Å². The first-order valence-corrected chi connectivity index (χ1v) is 15.3. The van der Waals surface area contributed by atoms with E-state index in [1.54, 1.807) is 0 Å². The van der Waals surface area contributed by atoms with Gasteiger partial charge in [-0.05, 0) is 38.6 Å². The fraction of sp³-hybridized carbons (Fsp3) is 0.935. The lowest BCUT2D eigenvalue weighted by molar-refractivity contribution is 0.525. The third-order valence-electron chi connectivity index (χ3n) is 6.97. The van der Waals surface area contributed by atoms with Gasteiger partial charge in [-0.3, -0.25) is 0 Å². The Labute approximate surface area is 204 Å². The number of nitrogens with two attached hydrogens (primary N) is 1. The molecule has 0 heterocycles. The van der Waals surface area contributed by atoms with Gasteiger partial charge in [0.15, 0.2) is 0 Å². The quantitative estimate of drug-likeness (QED) is 0.0932. The molecule has 0 aromatic rings. The first kappa shape index (κ1) is 31.7. The van der Waals surface area contributed by atoms with Gasteiger partial charge in [-0.15, -0.1) is 0 Å². The molecule has 0 spiro atoms. The van der Waals surface area contributed by atoms with Gasteiger partial charge in [-0.2, -0.15) is 0 Å². The van der Waals surface area contributed by atoms with Gasteiger partial charge in [-0.1, -0.05) is 160 Å². The van der Waals surface area contributed by atoms with Crippen molar-refractivity contribution in [1.82, 2.24) is 0 Å². The summed E-state index contributed by atoms with van der Waals surface area (Å²) in [5.74, 6) is 0. The fourth-order valence-electron chi connectivity index (χ4n) is 4.69. The molecule has 0 aromatic heterocycles.